The molecule has 1 unspecified atom stereocenters. The van der Waals surface area contributed by atoms with Crippen LogP contribution in [0.5, 0.6) is 0 Å². The molecule has 0 spiro atoms. The molecule has 0 aromatic rings. The van der Waals surface area contributed by atoms with Gasteiger partial charge < -0.3 is 22.1 Å². The maximum Gasteiger partial charge on any atom is 0.0402 e. The first kappa shape index (κ1) is 17.8. The van der Waals surface area contributed by atoms with E-state index in [0.717, 1.165) is 25.8 Å². The minimum absolute atomic E-state index is 0. The van der Waals surface area contributed by atoms with E-state index in [1.165, 1.54) is 0 Å². The van der Waals surface area contributed by atoms with E-state index in [4.69, 9.17) is 16.6 Å². The lowest BCUT2D eigenvalue weighted by Crippen LogP contribution is -2.19. The molecular weight excluding hydrogens is 156 g/mol. The summed E-state index contributed by atoms with van der Waals surface area (Å²) in [5.41, 5.74) is 10.9. The zero-order valence-corrected chi connectivity index (χ0v) is 8.21. The number of hydrogen-bond donors (Lipinski definition) is 3. The summed E-state index contributed by atoms with van der Waals surface area (Å²) in [6.45, 7) is 4.80. The predicted molar refractivity (Wildman–Crippen MR) is 52.9 cm³/mol. The molecule has 78 valence electrons. The number of hydrogen-bond acceptors (Lipinski definition) is 3. The van der Waals surface area contributed by atoms with Crippen molar-refractivity contribution in [2.45, 2.75) is 39.2 Å². The van der Waals surface area contributed by atoms with Crippen LogP contribution >= 0.6 is 0 Å². The second-order valence-electron chi connectivity index (χ2n) is 2.42. The third-order valence-electron chi connectivity index (χ3n) is 1.30. The molecule has 0 aliphatic rings. The summed E-state index contributed by atoms with van der Waals surface area (Å²) in [5.74, 6) is 0. The normalized spacial score (nSPS) is 10.8. The first-order valence-electron chi connectivity index (χ1n) is 4.29. The molecule has 0 bridgehead atoms. The van der Waals surface area contributed by atoms with Gasteiger partial charge in [0, 0.05) is 12.6 Å². The van der Waals surface area contributed by atoms with Gasteiger partial charge >= 0.3 is 0 Å². The van der Waals surface area contributed by atoms with Crippen molar-refractivity contribution in [3.63, 3.8) is 0 Å². The van der Waals surface area contributed by atoms with E-state index in [2.05, 4.69) is 6.92 Å². The lowest BCUT2D eigenvalue weighted by molar-refractivity contribution is 0.318. The van der Waals surface area contributed by atoms with Crippen LogP contribution in [0.4, 0.5) is 0 Å². The van der Waals surface area contributed by atoms with Crippen molar-refractivity contribution in [3.8, 4) is 0 Å². The van der Waals surface area contributed by atoms with E-state index < -0.39 is 0 Å². The molecule has 4 heteroatoms. The molecular formula is C8H24N2O2. The van der Waals surface area contributed by atoms with E-state index in [0.29, 0.717) is 6.04 Å². The predicted octanol–water partition coefficient (Wildman–Crippen LogP) is -0.363. The average molecular weight is 180 g/mol. The second kappa shape index (κ2) is 17.1. The molecule has 0 fully saturated rings. The fourth-order valence-electron chi connectivity index (χ4n) is 0.584. The molecule has 0 aliphatic carbocycles. The highest BCUT2D eigenvalue weighted by Crippen LogP contribution is 1.95. The van der Waals surface area contributed by atoms with E-state index >= 15 is 0 Å². The summed E-state index contributed by atoms with van der Waals surface area (Å²) in [6, 6.07) is 0.374. The number of rotatable bonds is 4. The molecule has 0 rings (SSSR count). The molecule has 0 aromatic carbocycles. The molecule has 12 heavy (non-hydrogen) atoms. The van der Waals surface area contributed by atoms with Crippen molar-refractivity contribution < 1.29 is 10.6 Å². The lowest BCUT2D eigenvalue weighted by Gasteiger charge is -2.04. The largest absolute Gasteiger partial charge is 0.412 e. The highest BCUT2D eigenvalue weighted by molar-refractivity contribution is 4.57. The van der Waals surface area contributed by atoms with Gasteiger partial charge in [-0.1, -0.05) is 6.92 Å². The molecule has 1 atom stereocenters. The van der Waals surface area contributed by atoms with E-state index in [-0.39, 0.29) is 12.1 Å². The van der Waals surface area contributed by atoms with Crippen molar-refractivity contribution in [1.82, 2.24) is 0 Å². The molecule has 0 aliphatic heterocycles. The molecule has 0 amide bonds. The number of aliphatic hydroxyl groups is 1. The Kier molecular flexibility index (Phi) is 25.3. The van der Waals surface area contributed by atoms with Gasteiger partial charge in [-0.05, 0) is 32.7 Å². The van der Waals surface area contributed by atoms with Crippen LogP contribution in [0.1, 0.15) is 33.1 Å². The Morgan fingerprint density at radius 3 is 2.00 bits per heavy atom. The molecule has 0 saturated carbocycles. The van der Waals surface area contributed by atoms with Crippen LogP contribution < -0.4 is 11.5 Å². The molecule has 4 nitrogen and oxygen atoms in total. The zero-order chi connectivity index (χ0) is 9.11. The van der Waals surface area contributed by atoms with Gasteiger partial charge in [-0.2, -0.15) is 0 Å². The summed E-state index contributed by atoms with van der Waals surface area (Å²) in [4.78, 5) is 0. The van der Waals surface area contributed by atoms with Gasteiger partial charge in [0.25, 0.3) is 0 Å². The third-order valence-corrected chi connectivity index (χ3v) is 1.30. The highest BCUT2D eigenvalue weighted by atomic mass is 16.2. The van der Waals surface area contributed by atoms with Crippen LogP contribution in [-0.2, 0) is 0 Å². The first-order chi connectivity index (χ1) is 5.22. The van der Waals surface area contributed by atoms with E-state index in [1.807, 2.05) is 0 Å². The summed E-state index contributed by atoms with van der Waals surface area (Å²) in [6.07, 6.45) is 3.21. The van der Waals surface area contributed by atoms with Crippen molar-refractivity contribution in [2.75, 3.05) is 13.2 Å². The molecule has 0 aromatic heterocycles. The standard InChI is InChI=1S/C6H16N2.C2H6O.H2O/c1-2-6(8)4-3-5-7;1-2-3;/h6H,2-5,7-8H2,1H3;3H,2H2,1H3;1H2. The quantitative estimate of drug-likeness (QED) is 0.550. The summed E-state index contributed by atoms with van der Waals surface area (Å²) < 4.78 is 0. The average Bonchev–Trinajstić information content (AvgIpc) is 2.02. The summed E-state index contributed by atoms with van der Waals surface area (Å²) in [5, 5.41) is 7.57. The molecule has 0 radical (unpaired) electrons. The van der Waals surface area contributed by atoms with Gasteiger partial charge in [-0.3, -0.25) is 0 Å². The summed E-state index contributed by atoms with van der Waals surface area (Å²) >= 11 is 0. The minimum Gasteiger partial charge on any atom is -0.412 e. The van der Waals surface area contributed by atoms with Gasteiger partial charge in [0.05, 0.1) is 0 Å². The van der Waals surface area contributed by atoms with Crippen molar-refractivity contribution >= 4 is 0 Å². The maximum atomic E-state index is 7.57. The Morgan fingerprint density at radius 1 is 1.33 bits per heavy atom. The maximum absolute atomic E-state index is 7.57. The van der Waals surface area contributed by atoms with Crippen molar-refractivity contribution in [1.29, 1.82) is 0 Å². The van der Waals surface area contributed by atoms with Crippen LogP contribution in [-0.4, -0.2) is 29.8 Å². The van der Waals surface area contributed by atoms with E-state index in [1.54, 1.807) is 6.92 Å². The topological polar surface area (TPSA) is 104 Å². The van der Waals surface area contributed by atoms with Gasteiger partial charge in [0.2, 0.25) is 0 Å². The fraction of sp³-hybridized carbons (Fsp3) is 1.00. The Bertz CT molecular complexity index is 63.0. The Balaban J connectivity index is -0.000000177. The van der Waals surface area contributed by atoms with Crippen LogP contribution in [0.2, 0.25) is 0 Å². The smallest absolute Gasteiger partial charge is 0.0402 e. The fourth-order valence-corrected chi connectivity index (χ4v) is 0.584. The Hall–Kier alpha value is -0.160. The van der Waals surface area contributed by atoms with Gasteiger partial charge in [-0.15, -0.1) is 0 Å². The number of aliphatic hydroxyl groups excluding tert-OH is 1. The Morgan fingerprint density at radius 2 is 1.75 bits per heavy atom. The van der Waals surface area contributed by atoms with Crippen molar-refractivity contribution in [3.05, 3.63) is 0 Å². The van der Waals surface area contributed by atoms with Crippen LogP contribution in [0.15, 0.2) is 0 Å². The van der Waals surface area contributed by atoms with Gasteiger partial charge in [0.1, 0.15) is 0 Å². The minimum atomic E-state index is 0. The molecule has 0 heterocycles. The summed E-state index contributed by atoms with van der Waals surface area (Å²) in [7, 11) is 0. The van der Waals surface area contributed by atoms with Crippen LogP contribution in [0, 0.1) is 0 Å². The first-order valence-corrected chi connectivity index (χ1v) is 4.29. The zero-order valence-electron chi connectivity index (χ0n) is 8.21. The van der Waals surface area contributed by atoms with E-state index in [9.17, 15) is 0 Å². The lowest BCUT2D eigenvalue weighted by atomic mass is 10.1. The van der Waals surface area contributed by atoms with Gasteiger partial charge in [0.15, 0.2) is 0 Å². The van der Waals surface area contributed by atoms with Crippen LogP contribution in [0.3, 0.4) is 0 Å². The van der Waals surface area contributed by atoms with Crippen molar-refractivity contribution in [2.24, 2.45) is 11.5 Å². The Labute approximate surface area is 75.3 Å². The number of nitrogens with two attached hydrogens (primary N) is 2. The molecule has 7 N–H and O–H groups in total. The second-order valence-corrected chi connectivity index (χ2v) is 2.42. The van der Waals surface area contributed by atoms with Gasteiger partial charge in [-0.25, -0.2) is 0 Å². The van der Waals surface area contributed by atoms with Crippen LogP contribution in [0.25, 0.3) is 0 Å². The highest BCUT2D eigenvalue weighted by Gasteiger charge is 1.94. The SMILES string of the molecule is CCC(N)CCCN.CCO.O. The monoisotopic (exact) mass is 180 g/mol. The molecule has 0 saturated heterocycles. The third kappa shape index (κ3) is 22.5.